The third-order valence-electron chi connectivity index (χ3n) is 3.47. The standard InChI is InChI=1S/C18H23N3O/c1-3-5-13-19-15-11-12-17(20-14-15)18(22)21(4-2)16-9-7-6-8-10-16/h6-12,14,19H,3-5,13H2,1-2H3. The van der Waals surface area contributed by atoms with Gasteiger partial charge in [0.25, 0.3) is 5.91 Å². The van der Waals surface area contributed by atoms with Gasteiger partial charge in [-0.05, 0) is 37.6 Å². The molecule has 0 bridgehead atoms. The van der Waals surface area contributed by atoms with Crippen molar-refractivity contribution in [2.75, 3.05) is 23.3 Å². The summed E-state index contributed by atoms with van der Waals surface area (Å²) in [5, 5.41) is 3.30. The van der Waals surface area contributed by atoms with Crippen molar-refractivity contribution < 1.29 is 4.79 Å². The van der Waals surface area contributed by atoms with Gasteiger partial charge in [0.1, 0.15) is 5.69 Å². The predicted molar refractivity (Wildman–Crippen MR) is 91.4 cm³/mol. The fourth-order valence-electron chi connectivity index (χ4n) is 2.22. The minimum atomic E-state index is -0.0752. The molecule has 2 rings (SSSR count). The maximum atomic E-state index is 12.6. The lowest BCUT2D eigenvalue weighted by atomic mass is 10.2. The molecule has 4 heteroatoms. The average Bonchev–Trinajstić information content (AvgIpc) is 2.57. The van der Waals surface area contributed by atoms with Crippen LogP contribution >= 0.6 is 0 Å². The molecule has 0 unspecified atom stereocenters. The van der Waals surface area contributed by atoms with E-state index >= 15 is 0 Å². The van der Waals surface area contributed by atoms with Crippen molar-refractivity contribution in [3.05, 3.63) is 54.4 Å². The zero-order chi connectivity index (χ0) is 15.8. The average molecular weight is 297 g/mol. The van der Waals surface area contributed by atoms with E-state index in [1.54, 1.807) is 17.2 Å². The first-order chi connectivity index (χ1) is 10.8. The Morgan fingerprint density at radius 3 is 2.50 bits per heavy atom. The van der Waals surface area contributed by atoms with Gasteiger partial charge in [0.15, 0.2) is 0 Å². The molecule has 1 N–H and O–H groups in total. The van der Waals surface area contributed by atoms with Gasteiger partial charge < -0.3 is 10.2 Å². The number of hydrogen-bond acceptors (Lipinski definition) is 3. The number of carbonyl (C=O) groups excluding carboxylic acids is 1. The first-order valence-electron chi connectivity index (χ1n) is 7.83. The third-order valence-corrected chi connectivity index (χ3v) is 3.47. The van der Waals surface area contributed by atoms with E-state index in [1.807, 2.05) is 43.3 Å². The van der Waals surface area contributed by atoms with Crippen LogP contribution in [0.25, 0.3) is 0 Å². The maximum absolute atomic E-state index is 12.6. The molecule has 1 amide bonds. The van der Waals surface area contributed by atoms with Gasteiger partial charge in [0, 0.05) is 18.8 Å². The summed E-state index contributed by atoms with van der Waals surface area (Å²) in [6, 6.07) is 13.4. The van der Waals surface area contributed by atoms with E-state index in [9.17, 15) is 4.79 Å². The topological polar surface area (TPSA) is 45.2 Å². The highest BCUT2D eigenvalue weighted by Gasteiger charge is 2.16. The molecule has 0 fully saturated rings. The molecule has 1 heterocycles. The molecule has 0 atom stereocenters. The molecule has 0 aliphatic heterocycles. The number of carbonyl (C=O) groups is 1. The zero-order valence-corrected chi connectivity index (χ0v) is 13.2. The van der Waals surface area contributed by atoms with E-state index in [0.717, 1.165) is 30.8 Å². The number of aromatic nitrogens is 1. The van der Waals surface area contributed by atoms with E-state index in [4.69, 9.17) is 0 Å². The van der Waals surface area contributed by atoms with E-state index in [-0.39, 0.29) is 5.91 Å². The molecule has 0 aliphatic rings. The lowest BCUT2D eigenvalue weighted by Crippen LogP contribution is -2.31. The van der Waals surface area contributed by atoms with Crippen molar-refractivity contribution in [3.8, 4) is 0 Å². The van der Waals surface area contributed by atoms with Crippen LogP contribution < -0.4 is 10.2 Å². The number of anilines is 2. The van der Waals surface area contributed by atoms with Gasteiger partial charge in [0.2, 0.25) is 0 Å². The maximum Gasteiger partial charge on any atom is 0.276 e. The lowest BCUT2D eigenvalue weighted by molar-refractivity contribution is 0.0983. The number of unbranched alkanes of at least 4 members (excludes halogenated alkanes) is 1. The van der Waals surface area contributed by atoms with Gasteiger partial charge in [-0.2, -0.15) is 0 Å². The van der Waals surface area contributed by atoms with Gasteiger partial charge >= 0.3 is 0 Å². The molecule has 116 valence electrons. The highest BCUT2D eigenvalue weighted by molar-refractivity contribution is 6.04. The van der Waals surface area contributed by atoms with Crippen molar-refractivity contribution in [2.24, 2.45) is 0 Å². The number of hydrogen-bond donors (Lipinski definition) is 1. The second kappa shape index (κ2) is 8.17. The van der Waals surface area contributed by atoms with Crippen LogP contribution in [0.4, 0.5) is 11.4 Å². The van der Waals surface area contributed by atoms with Crippen LogP contribution in [0, 0.1) is 0 Å². The summed E-state index contributed by atoms with van der Waals surface area (Å²) in [5.41, 5.74) is 2.31. The van der Waals surface area contributed by atoms with Crippen molar-refractivity contribution in [3.63, 3.8) is 0 Å². The molecule has 1 aromatic carbocycles. The Labute approximate surface area is 132 Å². The fourth-order valence-corrected chi connectivity index (χ4v) is 2.22. The number of benzene rings is 1. The van der Waals surface area contributed by atoms with Crippen LogP contribution in [0.15, 0.2) is 48.7 Å². The summed E-state index contributed by atoms with van der Waals surface area (Å²) in [7, 11) is 0. The van der Waals surface area contributed by atoms with Crippen LogP contribution in [0.2, 0.25) is 0 Å². The molecule has 0 saturated carbocycles. The largest absolute Gasteiger partial charge is 0.384 e. The molecule has 1 aromatic heterocycles. The first kappa shape index (κ1) is 16.0. The molecular formula is C18H23N3O. The second-order valence-electron chi connectivity index (χ2n) is 5.10. The van der Waals surface area contributed by atoms with E-state index < -0.39 is 0 Å². The molecule has 0 spiro atoms. The third kappa shape index (κ3) is 4.07. The Bertz CT molecular complexity index is 581. The highest BCUT2D eigenvalue weighted by Crippen LogP contribution is 2.16. The van der Waals surface area contributed by atoms with Crippen molar-refractivity contribution in [1.29, 1.82) is 0 Å². The van der Waals surface area contributed by atoms with Crippen LogP contribution in [-0.2, 0) is 0 Å². The van der Waals surface area contributed by atoms with Gasteiger partial charge in [0.05, 0.1) is 11.9 Å². The fraction of sp³-hybridized carbons (Fsp3) is 0.333. The van der Waals surface area contributed by atoms with Gasteiger partial charge in [-0.25, -0.2) is 4.98 Å². The predicted octanol–water partition coefficient (Wildman–Crippen LogP) is 3.96. The summed E-state index contributed by atoms with van der Waals surface area (Å²) in [5.74, 6) is -0.0752. The second-order valence-corrected chi connectivity index (χ2v) is 5.10. The molecule has 0 saturated heterocycles. The SMILES string of the molecule is CCCCNc1ccc(C(=O)N(CC)c2ccccc2)nc1. The number of para-hydroxylation sites is 1. The summed E-state index contributed by atoms with van der Waals surface area (Å²) >= 11 is 0. The van der Waals surface area contributed by atoms with Crippen molar-refractivity contribution >= 4 is 17.3 Å². The van der Waals surface area contributed by atoms with Crippen LogP contribution in [-0.4, -0.2) is 24.0 Å². The van der Waals surface area contributed by atoms with Crippen LogP contribution in [0.1, 0.15) is 37.2 Å². The van der Waals surface area contributed by atoms with Crippen LogP contribution in [0.5, 0.6) is 0 Å². The van der Waals surface area contributed by atoms with Crippen LogP contribution in [0.3, 0.4) is 0 Å². The molecule has 0 aliphatic carbocycles. The number of amides is 1. The van der Waals surface area contributed by atoms with Gasteiger partial charge in [-0.1, -0.05) is 31.5 Å². The summed E-state index contributed by atoms with van der Waals surface area (Å²) in [6.07, 6.45) is 4.00. The molecule has 4 nitrogen and oxygen atoms in total. The Kier molecular flexibility index (Phi) is 5.95. The zero-order valence-electron chi connectivity index (χ0n) is 13.2. The highest BCUT2D eigenvalue weighted by atomic mass is 16.2. The Morgan fingerprint density at radius 2 is 1.91 bits per heavy atom. The number of nitrogens with zero attached hydrogens (tertiary/aromatic N) is 2. The molecule has 0 radical (unpaired) electrons. The number of rotatable bonds is 7. The normalized spacial score (nSPS) is 10.3. The minimum Gasteiger partial charge on any atom is -0.384 e. The first-order valence-corrected chi connectivity index (χ1v) is 7.83. The Hall–Kier alpha value is -2.36. The lowest BCUT2D eigenvalue weighted by Gasteiger charge is -2.20. The van der Waals surface area contributed by atoms with E-state index in [2.05, 4.69) is 17.2 Å². The van der Waals surface area contributed by atoms with Gasteiger partial charge in [-0.3, -0.25) is 4.79 Å². The van der Waals surface area contributed by atoms with Crippen molar-refractivity contribution in [1.82, 2.24) is 4.98 Å². The molecular weight excluding hydrogens is 274 g/mol. The van der Waals surface area contributed by atoms with E-state index in [1.165, 1.54) is 0 Å². The molecule has 2 aromatic rings. The monoisotopic (exact) mass is 297 g/mol. The molecule has 22 heavy (non-hydrogen) atoms. The van der Waals surface area contributed by atoms with Crippen molar-refractivity contribution in [2.45, 2.75) is 26.7 Å². The number of pyridine rings is 1. The summed E-state index contributed by atoms with van der Waals surface area (Å²) in [4.78, 5) is 18.6. The quantitative estimate of drug-likeness (QED) is 0.787. The Balaban J connectivity index is 2.08. The van der Waals surface area contributed by atoms with E-state index in [0.29, 0.717) is 12.2 Å². The summed E-state index contributed by atoms with van der Waals surface area (Å²) in [6.45, 7) is 5.66. The summed E-state index contributed by atoms with van der Waals surface area (Å²) < 4.78 is 0. The Morgan fingerprint density at radius 1 is 1.14 bits per heavy atom. The smallest absolute Gasteiger partial charge is 0.276 e. The number of nitrogens with one attached hydrogen (secondary N) is 1. The van der Waals surface area contributed by atoms with Gasteiger partial charge in [-0.15, -0.1) is 0 Å². The minimum absolute atomic E-state index is 0.0752.